The summed E-state index contributed by atoms with van der Waals surface area (Å²) in [6.45, 7) is 15.8. The maximum absolute atomic E-state index is 13.9. The number of benzene rings is 3. The molecule has 0 saturated heterocycles. The molecule has 0 radical (unpaired) electrons. The van der Waals surface area contributed by atoms with E-state index < -0.39 is 11.6 Å². The molecule has 3 aromatic rings. The summed E-state index contributed by atoms with van der Waals surface area (Å²) in [6.07, 6.45) is -1.02. The van der Waals surface area contributed by atoms with Gasteiger partial charge in [0.15, 0.2) is 0 Å². The number of fused-ring (bicyclic) bond motifs is 1. The van der Waals surface area contributed by atoms with Crippen molar-refractivity contribution in [3.63, 3.8) is 0 Å². The number of hydrogen-bond acceptors (Lipinski definition) is 4. The number of anilines is 1. The molecule has 0 spiro atoms. The van der Waals surface area contributed by atoms with E-state index in [1.807, 2.05) is 83.3 Å². The maximum Gasteiger partial charge on any atom is 0.514 e. The van der Waals surface area contributed by atoms with E-state index in [9.17, 15) is 9.59 Å². The number of likely N-dealkylation sites (N-methyl/N-ethyl adjacent to an activating group) is 1. The van der Waals surface area contributed by atoms with Crippen molar-refractivity contribution in [3.05, 3.63) is 95.1 Å². The molecule has 1 aliphatic heterocycles. The summed E-state index contributed by atoms with van der Waals surface area (Å²) in [5.41, 5.74) is 3.76. The van der Waals surface area contributed by atoms with Gasteiger partial charge in [-0.1, -0.05) is 96.1 Å². The molecule has 0 aromatic heterocycles. The lowest BCUT2D eigenvalue weighted by Gasteiger charge is -2.30. The van der Waals surface area contributed by atoms with Crippen molar-refractivity contribution in [1.29, 1.82) is 0 Å². The SMILES string of the molecule is CC.CC.CC(C)OC(=O)Oc1ccc(C2(c3ccc(C(C)C)cc3)C(=O)N(C)c3ccccc32)cc1. The first kappa shape index (κ1) is 29.6. The van der Waals surface area contributed by atoms with E-state index in [1.165, 1.54) is 5.56 Å². The van der Waals surface area contributed by atoms with Crippen LogP contribution in [0.25, 0.3) is 0 Å². The fraction of sp³-hybridized carbons (Fsp3) is 0.375. The molecule has 5 nitrogen and oxygen atoms in total. The quantitative estimate of drug-likeness (QED) is 0.261. The highest BCUT2D eigenvalue weighted by molar-refractivity contribution is 6.12. The minimum atomic E-state index is -0.988. The van der Waals surface area contributed by atoms with Gasteiger partial charge in [-0.3, -0.25) is 4.79 Å². The first-order valence-corrected chi connectivity index (χ1v) is 13.2. The van der Waals surface area contributed by atoms with Crippen molar-refractivity contribution in [1.82, 2.24) is 0 Å². The highest BCUT2D eigenvalue weighted by atomic mass is 16.7. The highest BCUT2D eigenvalue weighted by Crippen LogP contribution is 2.50. The predicted molar refractivity (Wildman–Crippen MR) is 152 cm³/mol. The maximum atomic E-state index is 13.9. The molecule has 0 saturated carbocycles. The first-order chi connectivity index (χ1) is 17.7. The first-order valence-electron chi connectivity index (χ1n) is 13.2. The van der Waals surface area contributed by atoms with Crippen LogP contribution in [0.15, 0.2) is 72.8 Å². The standard InChI is InChI=1S/C28H29NO4.2C2H6/c1-18(2)20-10-12-21(13-11-20)28(24-8-6-7-9-25(24)29(5)26(28)30)22-14-16-23(17-15-22)33-27(31)32-19(3)4;2*1-2/h6-19H,1-5H3;2*1-2H3. The molecule has 5 heteroatoms. The fourth-order valence-corrected chi connectivity index (χ4v) is 4.49. The largest absolute Gasteiger partial charge is 0.514 e. The number of amides is 1. The molecule has 0 N–H and O–H groups in total. The molecular weight excluding hydrogens is 462 g/mol. The van der Waals surface area contributed by atoms with Gasteiger partial charge in [-0.15, -0.1) is 0 Å². The molecular formula is C32H41NO4. The van der Waals surface area contributed by atoms with E-state index in [0.29, 0.717) is 11.7 Å². The normalized spacial score (nSPS) is 15.9. The molecule has 1 heterocycles. The van der Waals surface area contributed by atoms with Gasteiger partial charge in [0, 0.05) is 18.3 Å². The third-order valence-corrected chi connectivity index (χ3v) is 6.13. The minimum Gasteiger partial charge on any atom is -0.431 e. The number of hydrogen-bond donors (Lipinski definition) is 0. The Morgan fingerprint density at radius 3 is 1.81 bits per heavy atom. The lowest BCUT2D eigenvalue weighted by Crippen LogP contribution is -2.40. The Balaban J connectivity index is 0.00000115. The molecule has 1 unspecified atom stereocenters. The fourth-order valence-electron chi connectivity index (χ4n) is 4.49. The molecule has 0 fully saturated rings. The van der Waals surface area contributed by atoms with Gasteiger partial charge in [-0.05, 0) is 54.7 Å². The number of para-hydroxylation sites is 1. The second-order valence-electron chi connectivity index (χ2n) is 8.95. The molecule has 3 aromatic carbocycles. The minimum absolute atomic E-state index is 0.0196. The van der Waals surface area contributed by atoms with Crippen molar-refractivity contribution in [2.24, 2.45) is 0 Å². The Kier molecular flexibility index (Phi) is 10.5. The van der Waals surface area contributed by atoms with Crippen molar-refractivity contribution in [2.45, 2.75) is 72.8 Å². The van der Waals surface area contributed by atoms with Gasteiger partial charge in [-0.25, -0.2) is 4.79 Å². The van der Waals surface area contributed by atoms with Gasteiger partial charge in [0.2, 0.25) is 5.91 Å². The average Bonchev–Trinajstić information content (AvgIpc) is 3.14. The average molecular weight is 504 g/mol. The second kappa shape index (κ2) is 13.1. The van der Waals surface area contributed by atoms with Gasteiger partial charge in [0.05, 0.1) is 6.10 Å². The molecule has 198 valence electrons. The van der Waals surface area contributed by atoms with E-state index >= 15 is 0 Å². The van der Waals surface area contributed by atoms with Gasteiger partial charge < -0.3 is 14.4 Å². The van der Waals surface area contributed by atoms with Crippen molar-refractivity contribution < 1.29 is 19.1 Å². The number of nitrogens with zero attached hydrogens (tertiary/aromatic N) is 1. The monoisotopic (exact) mass is 503 g/mol. The number of carbonyl (C=O) groups excluding carboxylic acids is 2. The zero-order valence-corrected chi connectivity index (χ0v) is 23.7. The lowest BCUT2D eigenvalue weighted by atomic mass is 9.70. The molecule has 4 rings (SSSR count). The Hall–Kier alpha value is -3.60. The Bertz CT molecular complexity index is 1170. The summed E-state index contributed by atoms with van der Waals surface area (Å²) in [6, 6.07) is 23.3. The van der Waals surface area contributed by atoms with Gasteiger partial charge in [0.25, 0.3) is 0 Å². The summed E-state index contributed by atoms with van der Waals surface area (Å²) >= 11 is 0. The van der Waals surface area contributed by atoms with Crippen molar-refractivity contribution in [3.8, 4) is 5.75 Å². The molecule has 37 heavy (non-hydrogen) atoms. The van der Waals surface area contributed by atoms with Gasteiger partial charge in [0.1, 0.15) is 11.2 Å². The second-order valence-corrected chi connectivity index (χ2v) is 8.95. The van der Waals surface area contributed by atoms with E-state index in [4.69, 9.17) is 9.47 Å². The third kappa shape index (κ3) is 5.87. The van der Waals surface area contributed by atoms with Crippen LogP contribution in [0.2, 0.25) is 0 Å². The zero-order valence-electron chi connectivity index (χ0n) is 23.7. The van der Waals surface area contributed by atoms with Crippen LogP contribution in [0.5, 0.6) is 5.75 Å². The summed E-state index contributed by atoms with van der Waals surface area (Å²) < 4.78 is 10.3. The summed E-state index contributed by atoms with van der Waals surface area (Å²) in [4.78, 5) is 27.5. The predicted octanol–water partition coefficient (Wildman–Crippen LogP) is 8.10. The van der Waals surface area contributed by atoms with E-state index in [2.05, 4.69) is 26.0 Å². The zero-order chi connectivity index (χ0) is 27.8. The Morgan fingerprint density at radius 2 is 1.30 bits per heavy atom. The van der Waals surface area contributed by atoms with Crippen LogP contribution in [0, 0.1) is 0 Å². The van der Waals surface area contributed by atoms with Crippen LogP contribution < -0.4 is 9.64 Å². The van der Waals surface area contributed by atoms with Crippen LogP contribution >= 0.6 is 0 Å². The number of ether oxygens (including phenoxy) is 2. The molecule has 1 atom stereocenters. The Labute approximate surface area is 222 Å². The topological polar surface area (TPSA) is 55.8 Å². The number of rotatable bonds is 5. The van der Waals surface area contributed by atoms with E-state index in [1.54, 1.807) is 30.9 Å². The van der Waals surface area contributed by atoms with Crippen LogP contribution in [-0.4, -0.2) is 25.2 Å². The van der Waals surface area contributed by atoms with Gasteiger partial charge in [-0.2, -0.15) is 0 Å². The summed E-state index contributed by atoms with van der Waals surface area (Å²) in [5, 5.41) is 0. The highest BCUT2D eigenvalue weighted by Gasteiger charge is 2.52. The summed E-state index contributed by atoms with van der Waals surface area (Å²) in [5.74, 6) is 0.738. The molecule has 0 bridgehead atoms. The number of carbonyl (C=O) groups is 2. The lowest BCUT2D eigenvalue weighted by molar-refractivity contribution is -0.120. The van der Waals surface area contributed by atoms with Crippen LogP contribution in [0.3, 0.4) is 0 Å². The summed E-state index contributed by atoms with van der Waals surface area (Å²) in [7, 11) is 1.81. The van der Waals surface area contributed by atoms with Crippen molar-refractivity contribution >= 4 is 17.7 Å². The van der Waals surface area contributed by atoms with Crippen molar-refractivity contribution in [2.75, 3.05) is 11.9 Å². The van der Waals surface area contributed by atoms with Crippen LogP contribution in [0.1, 0.15) is 83.6 Å². The van der Waals surface area contributed by atoms with Gasteiger partial charge >= 0.3 is 6.16 Å². The molecule has 0 aliphatic carbocycles. The van der Waals surface area contributed by atoms with Crippen LogP contribution in [-0.2, 0) is 14.9 Å². The van der Waals surface area contributed by atoms with E-state index in [-0.39, 0.29) is 12.0 Å². The third-order valence-electron chi connectivity index (χ3n) is 6.13. The Morgan fingerprint density at radius 1 is 0.784 bits per heavy atom. The van der Waals surface area contributed by atoms with Crippen LogP contribution in [0.4, 0.5) is 10.5 Å². The van der Waals surface area contributed by atoms with E-state index in [0.717, 1.165) is 22.4 Å². The molecule has 1 aliphatic rings. The molecule has 1 amide bonds. The smallest absolute Gasteiger partial charge is 0.431 e.